The summed E-state index contributed by atoms with van der Waals surface area (Å²) in [6.45, 7) is -0.314. The third-order valence-electron chi connectivity index (χ3n) is 4.51. The predicted molar refractivity (Wildman–Crippen MR) is 115 cm³/mol. The van der Waals surface area contributed by atoms with Crippen LogP contribution in [0.5, 0.6) is 0 Å². The minimum absolute atomic E-state index is 0.109. The fourth-order valence-corrected chi connectivity index (χ4v) is 14.6. The van der Waals surface area contributed by atoms with Crippen LogP contribution in [0.2, 0.25) is 0 Å². The molecule has 0 saturated heterocycles. The lowest BCUT2D eigenvalue weighted by molar-refractivity contribution is -0.0731. The molecule has 0 aromatic rings. The predicted octanol–water partition coefficient (Wildman–Crippen LogP) is -1.99. The number of hydrogen-bond acceptors (Lipinski definition) is 12. The molecule has 0 spiro atoms. The van der Waals surface area contributed by atoms with Crippen LogP contribution in [0.1, 0.15) is 13.3 Å². The Kier molecular flexibility index (Phi) is 11.0. The monoisotopic (exact) mass is 532 g/mol. The van der Waals surface area contributed by atoms with Crippen LogP contribution >= 0.6 is 0 Å². The Morgan fingerprint density at radius 1 is 0.806 bits per heavy atom. The summed E-state index contributed by atoms with van der Waals surface area (Å²) in [5.41, 5.74) is 0. The maximum Gasteiger partial charge on any atom is 0.226 e. The molecule has 1 N–H and O–H groups in total. The van der Waals surface area contributed by atoms with Crippen LogP contribution in [0.4, 0.5) is 0 Å². The van der Waals surface area contributed by atoms with Crippen molar-refractivity contribution in [2.24, 2.45) is 0 Å². The molecule has 2 atom stereocenters. The van der Waals surface area contributed by atoms with Gasteiger partial charge in [0.1, 0.15) is 6.10 Å². The van der Waals surface area contributed by atoms with Crippen molar-refractivity contribution < 1.29 is 53.0 Å². The highest BCUT2D eigenvalue weighted by atomic mass is 32.3. The van der Waals surface area contributed by atoms with Crippen LogP contribution in [0.25, 0.3) is 0 Å². The summed E-state index contributed by atoms with van der Waals surface area (Å²) < 4.78 is 109. The summed E-state index contributed by atoms with van der Waals surface area (Å²) in [4.78, 5) is 0. The van der Waals surface area contributed by atoms with Gasteiger partial charge in [-0.25, -0.2) is 33.7 Å². The van der Waals surface area contributed by atoms with E-state index in [-0.39, 0.29) is 13.2 Å². The zero-order valence-corrected chi connectivity index (χ0v) is 21.6. The summed E-state index contributed by atoms with van der Waals surface area (Å²) in [5.74, 6) is 0. The molecule has 0 aromatic heterocycles. The normalized spacial score (nSPS) is 16.4. The molecule has 0 aromatic carbocycles. The zero-order chi connectivity index (χ0) is 24.9. The quantitative estimate of drug-likeness (QED) is 0.245. The molecule has 16 heteroatoms. The van der Waals surface area contributed by atoms with Crippen LogP contribution in [-0.2, 0) is 53.6 Å². The van der Waals surface area contributed by atoms with Gasteiger partial charge >= 0.3 is 0 Å². The van der Waals surface area contributed by atoms with Gasteiger partial charge in [-0.05, 0) is 6.42 Å². The molecule has 2 unspecified atom stereocenters. The number of aliphatic hydroxyl groups is 1. The second-order valence-electron chi connectivity index (χ2n) is 7.27. The van der Waals surface area contributed by atoms with E-state index in [0.717, 1.165) is 0 Å². The molecule has 0 aliphatic rings. The van der Waals surface area contributed by atoms with Gasteiger partial charge in [0.05, 0.1) is 32.5 Å². The number of rotatable bonds is 15. The maximum absolute atomic E-state index is 12.6. The second-order valence-corrected chi connectivity index (χ2v) is 16.6. The molecule has 0 rings (SSSR count). The van der Waals surface area contributed by atoms with E-state index < -0.39 is 73.4 Å². The summed E-state index contributed by atoms with van der Waals surface area (Å²) in [7, 11) is -17.9. The van der Waals surface area contributed by atoms with Gasteiger partial charge in [0.2, 0.25) is 4.08 Å². The fraction of sp³-hybridized carbons (Fsp3) is 1.00. The molecular weight excluding hydrogens is 500 g/mol. The molecule has 0 saturated carbocycles. The smallest absolute Gasteiger partial charge is 0.226 e. The Balaban J connectivity index is 6.20. The first-order chi connectivity index (χ1) is 13.8. The summed E-state index contributed by atoms with van der Waals surface area (Å²) >= 11 is 0. The number of sulfone groups is 4. The van der Waals surface area contributed by atoms with Crippen molar-refractivity contribution in [2.75, 3.05) is 58.6 Å². The van der Waals surface area contributed by atoms with Crippen molar-refractivity contribution >= 4 is 39.3 Å². The van der Waals surface area contributed by atoms with Crippen molar-refractivity contribution in [3.63, 3.8) is 0 Å². The summed E-state index contributed by atoms with van der Waals surface area (Å²) in [5, 5.41) is 9.14. The number of aliphatic hydroxyl groups excluding tert-OH is 1. The highest BCUT2D eigenvalue weighted by molar-refractivity contribution is 8.16. The summed E-state index contributed by atoms with van der Waals surface area (Å²) in [6, 6.07) is 0. The molecule has 0 fully saturated rings. The van der Waals surface area contributed by atoms with Gasteiger partial charge in [-0.15, -0.1) is 0 Å². The van der Waals surface area contributed by atoms with Crippen LogP contribution in [0.3, 0.4) is 0 Å². The first-order valence-corrected chi connectivity index (χ1v) is 16.6. The molecule has 12 nitrogen and oxygen atoms in total. The average molecular weight is 533 g/mol. The Bertz CT molecular complexity index is 928. The van der Waals surface area contributed by atoms with Crippen LogP contribution in [0, 0.1) is 0 Å². The molecule has 188 valence electrons. The molecular formula is C15H32O12S4. The maximum atomic E-state index is 12.6. The third-order valence-corrected chi connectivity index (χ3v) is 14.6. The minimum Gasteiger partial charge on any atom is -0.394 e. The Morgan fingerprint density at radius 2 is 1.26 bits per heavy atom. The Labute approximate surface area is 184 Å². The van der Waals surface area contributed by atoms with Gasteiger partial charge in [0, 0.05) is 32.1 Å². The van der Waals surface area contributed by atoms with E-state index >= 15 is 0 Å². The molecule has 0 heterocycles. The molecule has 0 aliphatic heterocycles. The SMILES string of the molecule is CCC(CO)OCC(COCC(C(S(C)(=O)=O)S(C)(=O)=O)(S(C)(=O)=O)S(C)(=O)=O)OC. The van der Waals surface area contributed by atoms with Crippen LogP contribution < -0.4 is 0 Å². The van der Waals surface area contributed by atoms with Gasteiger partial charge in [-0.1, -0.05) is 6.92 Å². The van der Waals surface area contributed by atoms with Crippen molar-refractivity contribution in [1.82, 2.24) is 0 Å². The molecule has 0 aliphatic carbocycles. The van der Waals surface area contributed by atoms with Gasteiger partial charge in [-0.3, -0.25) is 0 Å². The van der Waals surface area contributed by atoms with E-state index in [1.807, 2.05) is 0 Å². The van der Waals surface area contributed by atoms with Crippen molar-refractivity contribution in [3.05, 3.63) is 0 Å². The average Bonchev–Trinajstić information content (AvgIpc) is 2.55. The largest absolute Gasteiger partial charge is 0.394 e. The third kappa shape index (κ3) is 7.87. The van der Waals surface area contributed by atoms with E-state index in [4.69, 9.17) is 19.3 Å². The first kappa shape index (κ1) is 30.6. The Morgan fingerprint density at radius 3 is 1.55 bits per heavy atom. The highest BCUT2D eigenvalue weighted by Gasteiger charge is 2.64. The van der Waals surface area contributed by atoms with Gasteiger partial charge in [0.15, 0.2) is 43.9 Å². The van der Waals surface area contributed by atoms with Gasteiger partial charge < -0.3 is 19.3 Å². The van der Waals surface area contributed by atoms with Gasteiger partial charge in [-0.2, -0.15) is 0 Å². The fourth-order valence-electron chi connectivity index (χ4n) is 2.94. The molecule has 0 radical (unpaired) electrons. The molecule has 31 heavy (non-hydrogen) atoms. The van der Waals surface area contributed by atoms with E-state index in [0.29, 0.717) is 31.4 Å². The number of hydrogen-bond donors (Lipinski definition) is 1. The number of methoxy groups -OCH3 is 1. The second kappa shape index (κ2) is 11.2. The van der Waals surface area contributed by atoms with E-state index in [1.54, 1.807) is 6.92 Å². The zero-order valence-electron chi connectivity index (χ0n) is 18.3. The topological polar surface area (TPSA) is 184 Å². The van der Waals surface area contributed by atoms with Crippen molar-refractivity contribution in [1.29, 1.82) is 0 Å². The molecule has 0 bridgehead atoms. The summed E-state index contributed by atoms with van der Waals surface area (Å²) in [6.07, 6.45) is 0.903. The Hall–Kier alpha value is -0.360. The lowest BCUT2D eigenvalue weighted by Crippen LogP contribution is -2.62. The van der Waals surface area contributed by atoms with Crippen molar-refractivity contribution in [2.45, 2.75) is 34.2 Å². The number of ether oxygens (including phenoxy) is 3. The van der Waals surface area contributed by atoms with Crippen molar-refractivity contribution in [3.8, 4) is 0 Å². The minimum atomic E-state index is -4.86. The van der Waals surface area contributed by atoms with Gasteiger partial charge in [0.25, 0.3) is 0 Å². The lowest BCUT2D eigenvalue weighted by atomic mass is 10.3. The van der Waals surface area contributed by atoms with Crippen LogP contribution in [-0.4, -0.2) is 118 Å². The lowest BCUT2D eigenvalue weighted by Gasteiger charge is -2.35. The highest BCUT2D eigenvalue weighted by Crippen LogP contribution is 2.35. The molecule has 0 amide bonds. The standard InChI is InChI=1S/C15H32O12S4/c1-7-12(8-16)27-10-13(25-2)9-26-11-15(30(5,21)22,31(6,23)24)14(28(3,17)18)29(4,19)20/h12-14,16H,7-11H2,1-6H3. The van der Waals surface area contributed by atoms with E-state index in [9.17, 15) is 33.7 Å². The van der Waals surface area contributed by atoms with E-state index in [1.165, 1.54) is 7.11 Å². The first-order valence-electron chi connectivity index (χ1n) is 8.89. The van der Waals surface area contributed by atoms with E-state index in [2.05, 4.69) is 0 Å². The van der Waals surface area contributed by atoms with Crippen LogP contribution in [0.15, 0.2) is 0 Å².